The van der Waals surface area contributed by atoms with Crippen molar-refractivity contribution >= 4 is 29.3 Å². The molecule has 4 rings (SSSR count). The van der Waals surface area contributed by atoms with Crippen molar-refractivity contribution in [3.05, 3.63) is 75.7 Å². The minimum absolute atomic E-state index is 0.0112. The van der Waals surface area contributed by atoms with Gasteiger partial charge in [0.15, 0.2) is 5.69 Å². The lowest BCUT2D eigenvalue weighted by atomic mass is 9.98. The summed E-state index contributed by atoms with van der Waals surface area (Å²) in [5.41, 5.74) is 4.51. The van der Waals surface area contributed by atoms with Gasteiger partial charge in [0.25, 0.3) is 0 Å². The fourth-order valence-electron chi connectivity index (χ4n) is 4.03. The molecular weight excluding hydrogens is 470 g/mol. The third kappa shape index (κ3) is 5.84. The summed E-state index contributed by atoms with van der Waals surface area (Å²) >= 11 is 1.15. The number of carboxylic acids is 1. The quantitative estimate of drug-likeness (QED) is 0.393. The van der Waals surface area contributed by atoms with E-state index in [9.17, 15) is 14.4 Å². The molecule has 0 spiro atoms. The van der Waals surface area contributed by atoms with E-state index in [1.165, 1.54) is 12.5 Å². The number of fused-ring (bicyclic) bond motifs is 3. The maximum absolute atomic E-state index is 12.4. The predicted molar refractivity (Wildman–Crippen MR) is 129 cm³/mol. The van der Waals surface area contributed by atoms with Crippen molar-refractivity contribution in [3.63, 3.8) is 0 Å². The molecule has 1 atom stereocenters. The number of carbonyl (C=O) groups is 3. The van der Waals surface area contributed by atoms with Crippen LogP contribution in [0.25, 0.3) is 11.1 Å². The van der Waals surface area contributed by atoms with Gasteiger partial charge < -0.3 is 25.2 Å². The van der Waals surface area contributed by atoms with E-state index in [2.05, 4.69) is 39.9 Å². The molecule has 1 aliphatic carbocycles. The topological polar surface area (TPSA) is 127 Å². The summed E-state index contributed by atoms with van der Waals surface area (Å²) in [5, 5.41) is 16.2. The van der Waals surface area contributed by atoms with E-state index in [1.807, 2.05) is 24.3 Å². The van der Waals surface area contributed by atoms with Crippen LogP contribution in [0.4, 0.5) is 4.79 Å². The molecule has 1 aromatic heterocycles. The molecule has 1 aliphatic rings. The van der Waals surface area contributed by atoms with Crippen LogP contribution in [0, 0.1) is 0 Å². The Balaban J connectivity index is 1.23. The van der Waals surface area contributed by atoms with Gasteiger partial charge in [0, 0.05) is 25.0 Å². The average molecular weight is 496 g/mol. The highest BCUT2D eigenvalue weighted by Gasteiger charge is 2.29. The summed E-state index contributed by atoms with van der Waals surface area (Å²) in [6.07, 6.45) is -1.13. The summed E-state index contributed by atoms with van der Waals surface area (Å²) in [4.78, 5) is 39.4. The number of ether oxygens (including phenoxy) is 2. The molecule has 35 heavy (non-hydrogen) atoms. The Morgan fingerprint density at radius 1 is 1.06 bits per heavy atom. The van der Waals surface area contributed by atoms with Crippen molar-refractivity contribution in [2.45, 2.75) is 25.0 Å². The van der Waals surface area contributed by atoms with Crippen LogP contribution in [0.3, 0.4) is 0 Å². The Morgan fingerprint density at radius 2 is 1.71 bits per heavy atom. The molecule has 9 nitrogen and oxygen atoms in total. The maximum Gasteiger partial charge on any atom is 0.407 e. The molecule has 0 saturated carbocycles. The fraction of sp³-hybridized carbons (Fsp3) is 0.280. The summed E-state index contributed by atoms with van der Waals surface area (Å²) in [6, 6.07) is 16.2. The smallest absolute Gasteiger partial charge is 0.407 e. The number of hydrogen-bond donors (Lipinski definition) is 3. The van der Waals surface area contributed by atoms with E-state index in [-0.39, 0.29) is 43.6 Å². The summed E-state index contributed by atoms with van der Waals surface area (Å²) in [7, 11) is 1.46. The number of aromatic nitrogens is 1. The molecule has 2 aromatic carbocycles. The highest BCUT2D eigenvalue weighted by atomic mass is 32.1. The van der Waals surface area contributed by atoms with Gasteiger partial charge in [-0.2, -0.15) is 0 Å². The SMILES string of the molecule is COC(CNC(=O)OCC1c2ccccc2-c2ccccc21)CC(=O)NCc1nc(C(=O)O)cs1. The van der Waals surface area contributed by atoms with Gasteiger partial charge in [-0.25, -0.2) is 14.6 Å². The van der Waals surface area contributed by atoms with Crippen molar-refractivity contribution in [1.29, 1.82) is 0 Å². The maximum atomic E-state index is 12.4. The molecule has 182 valence electrons. The molecule has 1 unspecified atom stereocenters. The van der Waals surface area contributed by atoms with Crippen molar-refractivity contribution in [3.8, 4) is 11.1 Å². The third-order valence-corrected chi connectivity index (χ3v) is 6.62. The van der Waals surface area contributed by atoms with Crippen LogP contribution in [0.2, 0.25) is 0 Å². The first-order valence-electron chi connectivity index (χ1n) is 11.0. The van der Waals surface area contributed by atoms with E-state index in [0.29, 0.717) is 5.01 Å². The van der Waals surface area contributed by atoms with E-state index in [0.717, 1.165) is 33.6 Å². The Morgan fingerprint density at radius 3 is 2.31 bits per heavy atom. The first-order chi connectivity index (χ1) is 17.0. The van der Waals surface area contributed by atoms with Crippen LogP contribution in [-0.4, -0.2) is 54.4 Å². The van der Waals surface area contributed by atoms with Gasteiger partial charge in [0.2, 0.25) is 5.91 Å². The highest BCUT2D eigenvalue weighted by Crippen LogP contribution is 2.44. The number of nitrogens with zero attached hydrogens (tertiary/aromatic N) is 1. The zero-order valence-electron chi connectivity index (χ0n) is 19.0. The summed E-state index contributed by atoms with van der Waals surface area (Å²) < 4.78 is 10.8. The molecule has 0 saturated heterocycles. The molecule has 0 radical (unpaired) electrons. The zero-order chi connectivity index (χ0) is 24.8. The molecule has 10 heteroatoms. The Bertz CT molecular complexity index is 1180. The first kappa shape index (κ1) is 24.4. The number of alkyl carbamates (subject to hydrolysis) is 1. The van der Waals surface area contributed by atoms with E-state index >= 15 is 0 Å². The number of hydrogen-bond acceptors (Lipinski definition) is 7. The predicted octanol–water partition coefficient (Wildman–Crippen LogP) is 3.40. The lowest BCUT2D eigenvalue weighted by molar-refractivity contribution is -0.123. The highest BCUT2D eigenvalue weighted by molar-refractivity contribution is 7.09. The molecule has 3 aromatic rings. The van der Waals surface area contributed by atoms with Crippen molar-refractivity contribution in [2.24, 2.45) is 0 Å². The van der Waals surface area contributed by atoms with E-state index in [4.69, 9.17) is 14.6 Å². The minimum Gasteiger partial charge on any atom is -0.476 e. The van der Waals surface area contributed by atoms with Gasteiger partial charge in [0.1, 0.15) is 11.6 Å². The van der Waals surface area contributed by atoms with Gasteiger partial charge >= 0.3 is 12.1 Å². The Hall–Kier alpha value is -3.76. The number of thiazole rings is 1. The third-order valence-electron chi connectivity index (χ3n) is 5.77. The fourth-order valence-corrected chi connectivity index (χ4v) is 4.74. The number of carbonyl (C=O) groups excluding carboxylic acids is 2. The Kier molecular flexibility index (Phi) is 7.74. The number of aromatic carboxylic acids is 1. The van der Waals surface area contributed by atoms with Crippen LogP contribution in [0.1, 0.15) is 39.0 Å². The number of benzene rings is 2. The molecule has 0 aliphatic heterocycles. The van der Waals surface area contributed by atoms with Gasteiger partial charge in [-0.1, -0.05) is 48.5 Å². The van der Waals surface area contributed by atoms with Gasteiger partial charge in [-0.15, -0.1) is 11.3 Å². The summed E-state index contributed by atoms with van der Waals surface area (Å²) in [5.74, 6) is -1.46. The van der Waals surface area contributed by atoms with Gasteiger partial charge in [-0.05, 0) is 22.3 Å². The zero-order valence-corrected chi connectivity index (χ0v) is 19.8. The van der Waals surface area contributed by atoms with Crippen LogP contribution < -0.4 is 10.6 Å². The monoisotopic (exact) mass is 495 g/mol. The van der Waals surface area contributed by atoms with Crippen molar-refractivity contribution in [2.75, 3.05) is 20.3 Å². The molecular formula is C25H25N3O6S. The average Bonchev–Trinajstić information content (AvgIpc) is 3.47. The first-order valence-corrected chi connectivity index (χ1v) is 11.9. The molecule has 3 N–H and O–H groups in total. The number of methoxy groups -OCH3 is 1. The normalized spacial score (nSPS) is 12.9. The molecule has 0 fully saturated rings. The number of carboxylic acid groups (broad SMARTS) is 1. The summed E-state index contributed by atoms with van der Waals surface area (Å²) in [6.45, 7) is 0.415. The van der Waals surface area contributed by atoms with Gasteiger partial charge in [-0.3, -0.25) is 4.79 Å². The lowest BCUT2D eigenvalue weighted by Crippen LogP contribution is -2.37. The molecule has 0 bridgehead atoms. The van der Waals surface area contributed by atoms with E-state index in [1.54, 1.807) is 0 Å². The second-order valence-corrected chi connectivity index (χ2v) is 8.92. The van der Waals surface area contributed by atoms with Crippen LogP contribution in [0.15, 0.2) is 53.9 Å². The van der Waals surface area contributed by atoms with Crippen molar-refractivity contribution in [1.82, 2.24) is 15.6 Å². The second kappa shape index (κ2) is 11.1. The van der Waals surface area contributed by atoms with Crippen LogP contribution >= 0.6 is 11.3 Å². The number of rotatable bonds is 10. The molecule has 1 heterocycles. The van der Waals surface area contributed by atoms with Gasteiger partial charge in [0.05, 0.1) is 19.1 Å². The standard InChI is InChI=1S/C25H25N3O6S/c1-33-15(10-22(29)26-12-23-28-21(14-35-23)24(30)31)11-27-25(32)34-13-20-18-8-4-2-6-16(18)17-7-3-5-9-19(17)20/h2-9,14-15,20H,10-13H2,1H3,(H,26,29)(H,27,32)(H,30,31). The Labute approximate surface area is 206 Å². The second-order valence-electron chi connectivity index (χ2n) is 7.98. The number of nitrogens with one attached hydrogen (secondary N) is 2. The van der Waals surface area contributed by atoms with Crippen LogP contribution in [0.5, 0.6) is 0 Å². The van der Waals surface area contributed by atoms with Crippen molar-refractivity contribution < 1.29 is 29.0 Å². The minimum atomic E-state index is -1.11. The number of amides is 2. The van der Waals surface area contributed by atoms with E-state index < -0.39 is 18.2 Å². The molecule has 2 amide bonds. The largest absolute Gasteiger partial charge is 0.476 e. The lowest BCUT2D eigenvalue weighted by Gasteiger charge is -2.17. The van der Waals surface area contributed by atoms with Crippen LogP contribution in [-0.2, 0) is 20.8 Å².